The molecule has 5 rings (SSSR count). The van der Waals surface area contributed by atoms with Crippen LogP contribution in [0, 0.1) is 0 Å². The van der Waals surface area contributed by atoms with Gasteiger partial charge in [0.15, 0.2) is 0 Å². The molecule has 1 heterocycles. The van der Waals surface area contributed by atoms with E-state index in [0.29, 0.717) is 6.42 Å². The second-order valence-electron chi connectivity index (χ2n) is 8.59. The van der Waals surface area contributed by atoms with Crippen LogP contribution in [0.1, 0.15) is 49.1 Å². The highest BCUT2D eigenvalue weighted by atomic mass is 16.2. The summed E-state index contributed by atoms with van der Waals surface area (Å²) in [6, 6.07) is 25.0. The van der Waals surface area contributed by atoms with Crippen molar-refractivity contribution in [2.45, 2.75) is 50.5 Å². The van der Waals surface area contributed by atoms with Gasteiger partial charge in [-0.25, -0.2) is 0 Å². The summed E-state index contributed by atoms with van der Waals surface area (Å²) in [4.78, 5) is 12.7. The van der Waals surface area contributed by atoms with Gasteiger partial charge in [-0.3, -0.25) is 4.79 Å². The molecule has 0 aromatic heterocycles. The van der Waals surface area contributed by atoms with Gasteiger partial charge < -0.3 is 10.6 Å². The molecule has 2 N–H and O–H groups in total. The van der Waals surface area contributed by atoms with Gasteiger partial charge >= 0.3 is 0 Å². The highest BCUT2D eigenvalue weighted by Crippen LogP contribution is 2.35. The fourth-order valence-corrected chi connectivity index (χ4v) is 4.83. The van der Waals surface area contributed by atoms with Crippen LogP contribution in [0.5, 0.6) is 0 Å². The third-order valence-electron chi connectivity index (χ3n) is 6.54. The molecule has 152 valence electrons. The zero-order chi connectivity index (χ0) is 20.3. The molecule has 2 aliphatic rings. The third kappa shape index (κ3) is 3.97. The second kappa shape index (κ2) is 8.35. The van der Waals surface area contributed by atoms with Crippen LogP contribution < -0.4 is 10.6 Å². The van der Waals surface area contributed by atoms with Gasteiger partial charge in [0.1, 0.15) is 6.04 Å². The Labute approximate surface area is 178 Å². The highest BCUT2D eigenvalue weighted by molar-refractivity contribution is 5.98. The summed E-state index contributed by atoms with van der Waals surface area (Å²) in [6.07, 6.45) is 7.49. The van der Waals surface area contributed by atoms with Crippen molar-refractivity contribution in [3.8, 4) is 11.1 Å². The molecule has 3 heteroatoms. The van der Waals surface area contributed by atoms with Crippen molar-refractivity contribution >= 4 is 17.3 Å². The van der Waals surface area contributed by atoms with Crippen LogP contribution in [0.15, 0.2) is 72.8 Å². The average Bonchev–Trinajstić information content (AvgIpc) is 3.24. The highest BCUT2D eigenvalue weighted by Gasteiger charge is 2.27. The third-order valence-corrected chi connectivity index (χ3v) is 6.54. The molecule has 3 aromatic carbocycles. The molecule has 1 aliphatic carbocycles. The van der Waals surface area contributed by atoms with Crippen LogP contribution in [-0.4, -0.2) is 11.9 Å². The number of hydrogen-bond donors (Lipinski definition) is 2. The van der Waals surface area contributed by atoms with Crippen LogP contribution in [0.25, 0.3) is 11.1 Å². The minimum atomic E-state index is -0.232. The first kappa shape index (κ1) is 18.9. The molecular formula is C27H28N2O. The Hall–Kier alpha value is -3.07. The average molecular weight is 397 g/mol. The summed E-state index contributed by atoms with van der Waals surface area (Å²) < 4.78 is 0. The quantitative estimate of drug-likeness (QED) is 0.537. The van der Waals surface area contributed by atoms with Crippen molar-refractivity contribution in [2.75, 3.05) is 10.6 Å². The number of carbonyl (C=O) groups excluding carboxylic acids is 1. The van der Waals surface area contributed by atoms with Crippen molar-refractivity contribution in [3.63, 3.8) is 0 Å². The van der Waals surface area contributed by atoms with Gasteiger partial charge in [0.25, 0.3) is 0 Å². The fraction of sp³-hybridized carbons (Fsp3) is 0.296. The Morgan fingerprint density at radius 3 is 2.33 bits per heavy atom. The summed E-state index contributed by atoms with van der Waals surface area (Å²) in [6.45, 7) is 0. The van der Waals surface area contributed by atoms with E-state index in [1.165, 1.54) is 54.4 Å². The molecule has 1 amide bonds. The first-order valence-corrected chi connectivity index (χ1v) is 11.1. The summed E-state index contributed by atoms with van der Waals surface area (Å²) in [5.41, 5.74) is 7.05. The van der Waals surface area contributed by atoms with Crippen molar-refractivity contribution < 1.29 is 4.79 Å². The summed E-state index contributed by atoms with van der Waals surface area (Å²) in [5.74, 6) is 0.747. The lowest BCUT2D eigenvalue weighted by Crippen LogP contribution is -2.32. The lowest BCUT2D eigenvalue weighted by Gasteiger charge is -2.22. The number of carbonyl (C=O) groups is 1. The molecule has 1 unspecified atom stereocenters. The summed E-state index contributed by atoms with van der Waals surface area (Å²) >= 11 is 0. The van der Waals surface area contributed by atoms with Crippen LogP contribution in [0.2, 0.25) is 0 Å². The Morgan fingerprint density at radius 1 is 0.833 bits per heavy atom. The first-order valence-electron chi connectivity index (χ1n) is 11.1. The molecular weight excluding hydrogens is 368 g/mol. The molecule has 1 aliphatic heterocycles. The van der Waals surface area contributed by atoms with E-state index in [9.17, 15) is 4.79 Å². The van der Waals surface area contributed by atoms with Crippen LogP contribution in [0.4, 0.5) is 11.4 Å². The van der Waals surface area contributed by atoms with Gasteiger partial charge in [-0.1, -0.05) is 67.8 Å². The normalized spacial score (nSPS) is 18.5. The summed E-state index contributed by atoms with van der Waals surface area (Å²) in [5, 5.41) is 6.37. The van der Waals surface area contributed by atoms with E-state index in [-0.39, 0.29) is 11.9 Å². The maximum Gasteiger partial charge on any atom is 0.247 e. The number of rotatable bonds is 4. The molecule has 0 bridgehead atoms. The zero-order valence-electron chi connectivity index (χ0n) is 17.2. The monoisotopic (exact) mass is 396 g/mol. The number of nitrogens with one attached hydrogen (secondary N) is 2. The molecule has 30 heavy (non-hydrogen) atoms. The minimum absolute atomic E-state index is 0.00999. The van der Waals surface area contributed by atoms with E-state index in [2.05, 4.69) is 53.1 Å². The predicted molar refractivity (Wildman–Crippen MR) is 124 cm³/mol. The van der Waals surface area contributed by atoms with Gasteiger partial charge in [0, 0.05) is 17.8 Å². The van der Waals surface area contributed by atoms with Gasteiger partial charge in [-0.2, -0.15) is 0 Å². The second-order valence-corrected chi connectivity index (χ2v) is 8.59. The van der Waals surface area contributed by atoms with Crippen LogP contribution in [-0.2, 0) is 11.2 Å². The van der Waals surface area contributed by atoms with Crippen LogP contribution >= 0.6 is 0 Å². The van der Waals surface area contributed by atoms with Crippen molar-refractivity contribution in [1.29, 1.82) is 0 Å². The SMILES string of the molecule is O=C(Nc1ccccc1)C1Cc2cc(-c3ccc(C4CCCCC4)cc3)ccc2N1. The lowest BCUT2D eigenvalue weighted by atomic mass is 9.83. The molecule has 1 saturated carbocycles. The van der Waals surface area contributed by atoms with E-state index >= 15 is 0 Å². The topological polar surface area (TPSA) is 41.1 Å². The molecule has 0 saturated heterocycles. The molecule has 3 nitrogen and oxygen atoms in total. The van der Waals surface area contributed by atoms with E-state index in [1.807, 2.05) is 30.3 Å². The number of fused-ring (bicyclic) bond motifs is 1. The standard InChI is InChI=1S/C27H28N2O/c30-27(28-24-9-5-2-6-10-24)26-18-23-17-22(15-16-25(23)29-26)21-13-11-20(12-14-21)19-7-3-1-4-8-19/h2,5-6,9-17,19,26,29H,1,3-4,7-8,18H2,(H,28,30). The molecule has 3 aromatic rings. The van der Waals surface area contributed by atoms with Gasteiger partial charge in [0.2, 0.25) is 5.91 Å². The van der Waals surface area contributed by atoms with Crippen molar-refractivity contribution in [2.24, 2.45) is 0 Å². The minimum Gasteiger partial charge on any atom is -0.373 e. The fourth-order valence-electron chi connectivity index (χ4n) is 4.83. The largest absolute Gasteiger partial charge is 0.373 e. The van der Waals surface area contributed by atoms with E-state index in [0.717, 1.165) is 17.3 Å². The van der Waals surface area contributed by atoms with E-state index in [1.54, 1.807) is 0 Å². The first-order chi connectivity index (χ1) is 14.8. The van der Waals surface area contributed by atoms with Crippen molar-refractivity contribution in [3.05, 3.63) is 83.9 Å². The Bertz CT molecular complexity index is 1020. The molecule has 0 spiro atoms. The number of para-hydroxylation sites is 1. The Morgan fingerprint density at radius 2 is 1.57 bits per heavy atom. The van der Waals surface area contributed by atoms with Crippen LogP contribution in [0.3, 0.4) is 0 Å². The summed E-state index contributed by atoms with van der Waals surface area (Å²) in [7, 11) is 0. The number of amides is 1. The van der Waals surface area contributed by atoms with Gasteiger partial charge in [-0.15, -0.1) is 0 Å². The van der Waals surface area contributed by atoms with E-state index in [4.69, 9.17) is 0 Å². The number of benzene rings is 3. The van der Waals surface area contributed by atoms with Crippen molar-refractivity contribution in [1.82, 2.24) is 0 Å². The smallest absolute Gasteiger partial charge is 0.247 e. The molecule has 1 atom stereocenters. The number of hydrogen-bond acceptors (Lipinski definition) is 2. The maximum absolute atomic E-state index is 12.7. The molecule has 0 radical (unpaired) electrons. The zero-order valence-corrected chi connectivity index (χ0v) is 17.2. The number of anilines is 2. The van der Waals surface area contributed by atoms with Gasteiger partial charge in [-0.05, 0) is 65.3 Å². The van der Waals surface area contributed by atoms with Gasteiger partial charge in [0.05, 0.1) is 0 Å². The predicted octanol–water partition coefficient (Wildman–Crippen LogP) is 6.38. The maximum atomic E-state index is 12.7. The molecule has 1 fully saturated rings. The lowest BCUT2D eigenvalue weighted by molar-refractivity contribution is -0.116. The Kier molecular flexibility index (Phi) is 5.27. The van der Waals surface area contributed by atoms with E-state index < -0.39 is 0 Å². The Balaban J connectivity index is 1.28.